The van der Waals surface area contributed by atoms with Crippen LogP contribution >= 0.6 is 15.9 Å². The average molecular weight is 323 g/mol. The fourth-order valence-corrected chi connectivity index (χ4v) is 1.85. The molecule has 4 heteroatoms. The maximum atomic E-state index is 13.0. The van der Waals surface area contributed by atoms with Crippen LogP contribution in [0.2, 0.25) is 0 Å². The van der Waals surface area contributed by atoms with Crippen molar-refractivity contribution in [2.24, 2.45) is 0 Å². The van der Waals surface area contributed by atoms with Gasteiger partial charge in [0.05, 0.1) is 0 Å². The van der Waals surface area contributed by atoms with Gasteiger partial charge in [0, 0.05) is 10.0 Å². The van der Waals surface area contributed by atoms with Gasteiger partial charge in [-0.1, -0.05) is 28.1 Å². The lowest BCUT2D eigenvalue weighted by atomic mass is 10.1. The van der Waals surface area contributed by atoms with E-state index in [0.717, 1.165) is 10.0 Å². The number of hydrogen-bond acceptors (Lipinski definition) is 2. The van der Waals surface area contributed by atoms with E-state index in [1.807, 2.05) is 19.1 Å². The fourth-order valence-electron chi connectivity index (χ4n) is 1.60. The summed E-state index contributed by atoms with van der Waals surface area (Å²) in [4.78, 5) is 11.8. The van der Waals surface area contributed by atoms with Gasteiger partial charge in [0.1, 0.15) is 11.6 Å². The van der Waals surface area contributed by atoms with Crippen molar-refractivity contribution < 1.29 is 13.9 Å². The topological polar surface area (TPSA) is 26.3 Å². The van der Waals surface area contributed by atoms with Crippen molar-refractivity contribution in [2.75, 3.05) is 6.61 Å². The minimum Gasteiger partial charge on any atom is -0.485 e. The van der Waals surface area contributed by atoms with Gasteiger partial charge in [-0.2, -0.15) is 0 Å². The van der Waals surface area contributed by atoms with E-state index in [9.17, 15) is 9.18 Å². The molecule has 0 heterocycles. The molecule has 2 rings (SSSR count). The molecule has 0 bridgehead atoms. The van der Waals surface area contributed by atoms with Gasteiger partial charge in [-0.25, -0.2) is 4.39 Å². The predicted molar refractivity (Wildman–Crippen MR) is 75.1 cm³/mol. The molecule has 0 N–H and O–H groups in total. The van der Waals surface area contributed by atoms with Crippen LogP contribution in [0.4, 0.5) is 4.39 Å². The first-order valence-electron chi connectivity index (χ1n) is 5.74. The molecular weight excluding hydrogens is 311 g/mol. The number of hydrogen-bond donors (Lipinski definition) is 0. The molecule has 0 amide bonds. The summed E-state index contributed by atoms with van der Waals surface area (Å²) in [6, 6.07) is 11.1. The minimum atomic E-state index is -0.426. The molecular formula is C15H12BrFO2. The molecule has 0 spiro atoms. The van der Waals surface area contributed by atoms with Crippen LogP contribution in [-0.4, -0.2) is 12.4 Å². The molecule has 0 aliphatic rings. The van der Waals surface area contributed by atoms with Crippen LogP contribution in [0.1, 0.15) is 15.9 Å². The van der Waals surface area contributed by atoms with E-state index in [1.165, 1.54) is 18.2 Å². The molecule has 0 atom stereocenters. The molecule has 0 saturated carbocycles. The highest BCUT2D eigenvalue weighted by molar-refractivity contribution is 9.10. The minimum absolute atomic E-state index is 0.107. The van der Waals surface area contributed by atoms with Gasteiger partial charge in [-0.15, -0.1) is 0 Å². The third kappa shape index (κ3) is 3.64. The summed E-state index contributed by atoms with van der Waals surface area (Å²) in [6.07, 6.45) is 0. The lowest BCUT2D eigenvalue weighted by molar-refractivity contribution is 0.0921. The number of halogens is 2. The summed E-state index contributed by atoms with van der Waals surface area (Å²) in [5.74, 6) is -0.0594. The van der Waals surface area contributed by atoms with Crippen LogP contribution in [0, 0.1) is 12.7 Å². The van der Waals surface area contributed by atoms with E-state index in [4.69, 9.17) is 4.74 Å². The Balaban J connectivity index is 2.02. The van der Waals surface area contributed by atoms with Gasteiger partial charge in [0.25, 0.3) is 0 Å². The molecule has 0 saturated heterocycles. The second-order valence-corrected chi connectivity index (χ2v) is 4.99. The molecule has 2 nitrogen and oxygen atoms in total. The zero-order valence-electron chi connectivity index (χ0n) is 10.3. The maximum absolute atomic E-state index is 13.0. The summed E-state index contributed by atoms with van der Waals surface area (Å²) >= 11 is 3.39. The molecule has 0 aliphatic heterocycles. The fraction of sp³-hybridized carbons (Fsp3) is 0.133. The lowest BCUT2D eigenvalue weighted by Gasteiger charge is -2.07. The SMILES string of the molecule is Cc1cc(OCC(=O)c2cccc(F)c2)ccc1Br. The van der Waals surface area contributed by atoms with Crippen molar-refractivity contribution in [1.29, 1.82) is 0 Å². The van der Waals surface area contributed by atoms with Gasteiger partial charge < -0.3 is 4.74 Å². The Bertz CT molecular complexity index is 611. The zero-order valence-corrected chi connectivity index (χ0v) is 11.9. The van der Waals surface area contributed by atoms with Crippen molar-refractivity contribution >= 4 is 21.7 Å². The number of ketones is 1. The predicted octanol–water partition coefficient (Wildman–Crippen LogP) is 4.16. The quantitative estimate of drug-likeness (QED) is 0.790. The van der Waals surface area contributed by atoms with Gasteiger partial charge in [0.15, 0.2) is 12.4 Å². The van der Waals surface area contributed by atoms with E-state index in [2.05, 4.69) is 15.9 Å². The number of aryl methyl sites for hydroxylation is 1. The van der Waals surface area contributed by atoms with Crippen molar-refractivity contribution in [2.45, 2.75) is 6.92 Å². The number of carbonyl (C=O) groups is 1. The smallest absolute Gasteiger partial charge is 0.200 e. The van der Waals surface area contributed by atoms with E-state index in [-0.39, 0.29) is 12.4 Å². The molecule has 0 aliphatic carbocycles. The Kier molecular flexibility index (Phi) is 4.32. The van der Waals surface area contributed by atoms with Gasteiger partial charge in [-0.05, 0) is 42.8 Å². The van der Waals surface area contributed by atoms with Crippen LogP contribution in [0.3, 0.4) is 0 Å². The highest BCUT2D eigenvalue weighted by Crippen LogP contribution is 2.21. The van der Waals surface area contributed by atoms with Crippen LogP contribution in [0.5, 0.6) is 5.75 Å². The zero-order chi connectivity index (χ0) is 13.8. The Labute approximate surface area is 119 Å². The van der Waals surface area contributed by atoms with Crippen molar-refractivity contribution in [3.05, 3.63) is 63.9 Å². The number of ether oxygens (including phenoxy) is 1. The Hall–Kier alpha value is -1.68. The molecule has 0 radical (unpaired) electrons. The van der Waals surface area contributed by atoms with E-state index in [0.29, 0.717) is 11.3 Å². The van der Waals surface area contributed by atoms with E-state index >= 15 is 0 Å². The monoisotopic (exact) mass is 322 g/mol. The van der Waals surface area contributed by atoms with Crippen LogP contribution in [-0.2, 0) is 0 Å². The Morgan fingerprint density at radius 1 is 1.26 bits per heavy atom. The summed E-state index contributed by atoms with van der Waals surface area (Å²) in [6.45, 7) is 1.83. The van der Waals surface area contributed by atoms with Gasteiger partial charge in [-0.3, -0.25) is 4.79 Å². The van der Waals surface area contributed by atoms with E-state index in [1.54, 1.807) is 12.1 Å². The number of rotatable bonds is 4. The average Bonchev–Trinajstić information content (AvgIpc) is 2.40. The highest BCUT2D eigenvalue weighted by atomic mass is 79.9. The molecule has 2 aromatic rings. The lowest BCUT2D eigenvalue weighted by Crippen LogP contribution is -2.11. The van der Waals surface area contributed by atoms with Crippen LogP contribution < -0.4 is 4.74 Å². The largest absolute Gasteiger partial charge is 0.485 e. The second-order valence-electron chi connectivity index (χ2n) is 4.13. The highest BCUT2D eigenvalue weighted by Gasteiger charge is 2.08. The number of carbonyl (C=O) groups excluding carboxylic acids is 1. The molecule has 2 aromatic carbocycles. The molecule has 0 fully saturated rings. The summed E-state index contributed by atoms with van der Waals surface area (Å²) in [5.41, 5.74) is 1.34. The third-order valence-corrected chi connectivity index (χ3v) is 3.54. The first kappa shape index (κ1) is 13.7. The standard InChI is InChI=1S/C15H12BrFO2/c1-10-7-13(5-6-14(10)16)19-9-15(18)11-3-2-4-12(17)8-11/h2-8H,9H2,1H3. The number of Topliss-reactive ketones (excluding diaryl/α,β-unsaturated/α-hetero) is 1. The normalized spacial score (nSPS) is 10.3. The maximum Gasteiger partial charge on any atom is 0.200 e. The first-order chi connectivity index (χ1) is 9.06. The molecule has 98 valence electrons. The van der Waals surface area contributed by atoms with Gasteiger partial charge in [0.2, 0.25) is 0 Å². The van der Waals surface area contributed by atoms with Crippen molar-refractivity contribution in [3.63, 3.8) is 0 Å². The second kappa shape index (κ2) is 5.97. The van der Waals surface area contributed by atoms with Crippen molar-refractivity contribution in [1.82, 2.24) is 0 Å². The molecule has 0 unspecified atom stereocenters. The summed E-state index contributed by atoms with van der Waals surface area (Å²) in [7, 11) is 0. The van der Waals surface area contributed by atoms with Gasteiger partial charge >= 0.3 is 0 Å². The van der Waals surface area contributed by atoms with Crippen LogP contribution in [0.15, 0.2) is 46.9 Å². The Morgan fingerprint density at radius 2 is 2.05 bits per heavy atom. The summed E-state index contributed by atoms with van der Waals surface area (Å²) < 4.78 is 19.4. The first-order valence-corrected chi connectivity index (χ1v) is 6.53. The Morgan fingerprint density at radius 3 is 2.74 bits per heavy atom. The summed E-state index contributed by atoms with van der Waals surface area (Å²) in [5, 5.41) is 0. The third-order valence-electron chi connectivity index (χ3n) is 2.65. The van der Waals surface area contributed by atoms with Crippen LogP contribution in [0.25, 0.3) is 0 Å². The van der Waals surface area contributed by atoms with Crippen molar-refractivity contribution in [3.8, 4) is 5.75 Å². The molecule has 19 heavy (non-hydrogen) atoms. The van der Waals surface area contributed by atoms with E-state index < -0.39 is 5.82 Å². The molecule has 0 aromatic heterocycles. The number of benzene rings is 2.